The second-order valence-electron chi connectivity index (χ2n) is 6.61. The van der Waals surface area contributed by atoms with Crippen LogP contribution in [0.15, 0.2) is 11.4 Å². The number of likely N-dealkylation sites (tertiary alicyclic amines) is 1. The first-order chi connectivity index (χ1) is 9.81. The molecule has 0 radical (unpaired) electrons. The van der Waals surface area contributed by atoms with E-state index in [-0.39, 0.29) is 17.0 Å². The van der Waals surface area contributed by atoms with E-state index in [1.54, 1.807) is 4.88 Å². The van der Waals surface area contributed by atoms with E-state index in [1.165, 1.54) is 12.0 Å². The van der Waals surface area contributed by atoms with Crippen LogP contribution < -0.4 is 0 Å². The Morgan fingerprint density at radius 1 is 1.38 bits per heavy atom. The lowest BCUT2D eigenvalue weighted by Gasteiger charge is -2.36. The molecule has 0 saturated carbocycles. The molecule has 1 saturated heterocycles. The summed E-state index contributed by atoms with van der Waals surface area (Å²) in [6.07, 6.45) is 5.59. The highest BCUT2D eigenvalue weighted by atomic mass is 32.2. The average molecular weight is 316 g/mol. The Balaban J connectivity index is 2.00. The lowest BCUT2D eigenvalue weighted by Crippen LogP contribution is -2.41. The zero-order valence-corrected chi connectivity index (χ0v) is 14.5. The molecule has 0 aromatic carbocycles. The molecular weight excluding hydrogens is 288 g/mol. The third kappa shape index (κ3) is 4.26. The van der Waals surface area contributed by atoms with E-state index in [0.29, 0.717) is 11.8 Å². The van der Waals surface area contributed by atoms with Crippen LogP contribution in [-0.2, 0) is 6.26 Å². The van der Waals surface area contributed by atoms with Gasteiger partial charge in [-0.2, -0.15) is 0 Å². The number of piperidine rings is 1. The number of thiophene rings is 1. The van der Waals surface area contributed by atoms with Crippen LogP contribution >= 0.6 is 10.5 Å². The summed E-state index contributed by atoms with van der Waals surface area (Å²) >= 11 is 0. The molecule has 1 aliphatic rings. The van der Waals surface area contributed by atoms with Gasteiger partial charge in [-0.3, -0.25) is 4.90 Å². The molecule has 0 N–H and O–H groups in total. The Kier molecular flexibility index (Phi) is 5.42. The maximum absolute atomic E-state index is 13.1. The second kappa shape index (κ2) is 6.74. The number of hydrogen-bond acceptors (Lipinski definition) is 1. The van der Waals surface area contributed by atoms with Crippen molar-refractivity contribution >= 4 is 10.5 Å². The molecular formula is C17H28F2NS+. The maximum Gasteiger partial charge on any atom is 0.257 e. The quantitative estimate of drug-likeness (QED) is 0.680. The Labute approximate surface area is 130 Å². The third-order valence-corrected chi connectivity index (χ3v) is 6.60. The highest BCUT2D eigenvalue weighted by Crippen LogP contribution is 2.42. The number of aryl methyl sites for hydroxylation is 2. The highest BCUT2D eigenvalue weighted by Gasteiger charge is 2.34. The summed E-state index contributed by atoms with van der Waals surface area (Å²) < 4.78 is 26.2. The van der Waals surface area contributed by atoms with E-state index in [0.717, 1.165) is 32.9 Å². The molecule has 1 aromatic heterocycles. The molecule has 2 rings (SSSR count). The molecule has 4 heteroatoms. The van der Waals surface area contributed by atoms with Gasteiger partial charge < -0.3 is 0 Å². The lowest BCUT2D eigenvalue weighted by molar-refractivity contribution is -0.0232. The molecule has 1 aromatic rings. The molecule has 1 aliphatic heterocycles. The fourth-order valence-electron chi connectivity index (χ4n) is 3.78. The van der Waals surface area contributed by atoms with Gasteiger partial charge in [0.25, 0.3) is 5.92 Å². The SMILES string of the molecule is CCC(c1c(C)cc[s+]1C)C1CCN(CC(C)(F)F)CC1. The number of hydrogen-bond donors (Lipinski definition) is 0. The third-order valence-electron chi connectivity index (χ3n) is 4.74. The van der Waals surface area contributed by atoms with Gasteiger partial charge in [0, 0.05) is 18.4 Å². The molecule has 2 unspecified atom stereocenters. The molecule has 1 fully saturated rings. The van der Waals surface area contributed by atoms with E-state index < -0.39 is 5.92 Å². The van der Waals surface area contributed by atoms with E-state index in [4.69, 9.17) is 0 Å². The minimum atomic E-state index is -2.57. The van der Waals surface area contributed by atoms with Gasteiger partial charge in [-0.05, 0) is 61.7 Å². The number of nitrogens with zero attached hydrogens (tertiary/aromatic N) is 1. The molecule has 1 nitrogen and oxygen atoms in total. The molecule has 120 valence electrons. The van der Waals surface area contributed by atoms with E-state index >= 15 is 0 Å². The number of alkyl halides is 2. The fraction of sp³-hybridized carbons (Fsp3) is 0.765. The van der Waals surface area contributed by atoms with Gasteiger partial charge in [0.05, 0.1) is 6.54 Å². The smallest absolute Gasteiger partial charge is 0.257 e. The van der Waals surface area contributed by atoms with Crippen LogP contribution in [0.1, 0.15) is 49.5 Å². The summed E-state index contributed by atoms with van der Waals surface area (Å²) in [6, 6.07) is 2.26. The minimum Gasteiger partial charge on any atom is -0.297 e. The summed E-state index contributed by atoms with van der Waals surface area (Å²) in [5.74, 6) is -1.27. The summed E-state index contributed by atoms with van der Waals surface area (Å²) in [7, 11) is 0.269. The number of halogens is 2. The molecule has 21 heavy (non-hydrogen) atoms. The predicted octanol–water partition coefficient (Wildman–Crippen LogP) is 5.14. The normalized spacial score (nSPS) is 20.8. The van der Waals surface area contributed by atoms with Crippen molar-refractivity contribution < 1.29 is 8.78 Å². The van der Waals surface area contributed by atoms with Crippen LogP contribution in [0.4, 0.5) is 8.78 Å². The van der Waals surface area contributed by atoms with Crippen LogP contribution in [-0.4, -0.2) is 30.5 Å². The van der Waals surface area contributed by atoms with E-state index in [1.807, 2.05) is 4.90 Å². The summed E-state index contributed by atoms with van der Waals surface area (Å²) in [5, 5.41) is 2.32. The maximum atomic E-state index is 13.1. The molecule has 2 heterocycles. The standard InChI is InChI=1S/C17H28F2NS/c1-5-15(16-13(2)8-11-21(16)4)14-6-9-20(10-7-14)12-17(3,18)19/h8,11,14-15H,5-7,9-10,12H2,1-4H3/q+1. The lowest BCUT2D eigenvalue weighted by atomic mass is 9.81. The Hall–Kier alpha value is -0.480. The van der Waals surface area contributed by atoms with Crippen LogP contribution in [0.3, 0.4) is 0 Å². The van der Waals surface area contributed by atoms with Gasteiger partial charge in [0.2, 0.25) is 0 Å². The van der Waals surface area contributed by atoms with Crippen molar-refractivity contribution in [2.75, 3.05) is 19.6 Å². The van der Waals surface area contributed by atoms with Crippen molar-refractivity contribution in [3.8, 4) is 0 Å². The second-order valence-corrected chi connectivity index (χ2v) is 8.43. The van der Waals surface area contributed by atoms with Gasteiger partial charge in [-0.15, -0.1) is 0 Å². The Bertz CT molecular complexity index is 436. The van der Waals surface area contributed by atoms with Crippen molar-refractivity contribution in [1.29, 1.82) is 0 Å². The van der Waals surface area contributed by atoms with E-state index in [9.17, 15) is 8.78 Å². The average Bonchev–Trinajstić information content (AvgIpc) is 2.72. The van der Waals surface area contributed by atoms with Crippen molar-refractivity contribution in [2.45, 2.75) is 51.9 Å². The van der Waals surface area contributed by atoms with Gasteiger partial charge >= 0.3 is 0 Å². The van der Waals surface area contributed by atoms with Crippen LogP contribution in [0, 0.1) is 12.8 Å². The van der Waals surface area contributed by atoms with Crippen molar-refractivity contribution in [3.05, 3.63) is 21.9 Å². The zero-order chi connectivity index (χ0) is 15.6. The van der Waals surface area contributed by atoms with Crippen molar-refractivity contribution in [1.82, 2.24) is 4.90 Å². The first kappa shape index (κ1) is 16.9. The summed E-state index contributed by atoms with van der Waals surface area (Å²) in [5.41, 5.74) is 1.44. The first-order valence-electron chi connectivity index (χ1n) is 7.95. The van der Waals surface area contributed by atoms with Crippen LogP contribution in [0.25, 0.3) is 0 Å². The van der Waals surface area contributed by atoms with Crippen molar-refractivity contribution in [3.63, 3.8) is 0 Å². The largest absolute Gasteiger partial charge is 0.297 e. The topological polar surface area (TPSA) is 3.24 Å². The molecule has 0 aliphatic carbocycles. The highest BCUT2D eigenvalue weighted by molar-refractivity contribution is 7.28. The molecule has 0 bridgehead atoms. The predicted molar refractivity (Wildman–Crippen MR) is 87.5 cm³/mol. The van der Waals surface area contributed by atoms with Gasteiger partial charge in [0.15, 0.2) is 4.88 Å². The number of rotatable bonds is 5. The van der Waals surface area contributed by atoms with Crippen molar-refractivity contribution in [2.24, 2.45) is 12.2 Å². The molecule has 2 atom stereocenters. The summed E-state index contributed by atoms with van der Waals surface area (Å²) in [4.78, 5) is 3.56. The first-order valence-corrected chi connectivity index (χ1v) is 9.65. The Morgan fingerprint density at radius 2 is 2.00 bits per heavy atom. The van der Waals surface area contributed by atoms with Crippen LogP contribution in [0.5, 0.6) is 0 Å². The van der Waals surface area contributed by atoms with Crippen LogP contribution in [0.2, 0.25) is 0 Å². The zero-order valence-electron chi connectivity index (χ0n) is 13.7. The minimum absolute atomic E-state index is 0.0854. The van der Waals surface area contributed by atoms with Gasteiger partial charge in [-0.25, -0.2) is 8.78 Å². The summed E-state index contributed by atoms with van der Waals surface area (Å²) in [6.45, 7) is 7.07. The van der Waals surface area contributed by atoms with Gasteiger partial charge in [-0.1, -0.05) is 6.92 Å². The fourth-order valence-corrected chi connectivity index (χ4v) is 5.75. The van der Waals surface area contributed by atoms with Gasteiger partial charge in [0.1, 0.15) is 11.6 Å². The van der Waals surface area contributed by atoms with E-state index in [2.05, 4.69) is 31.5 Å². The molecule has 0 spiro atoms. The Morgan fingerprint density at radius 3 is 2.43 bits per heavy atom. The molecule has 0 amide bonds. The monoisotopic (exact) mass is 316 g/mol.